The molecular weight excluding hydrogens is 449 g/mol. The number of unbranched alkanes of at least 4 members (excludes halogenated alkanes) is 1. The van der Waals surface area contributed by atoms with E-state index in [4.69, 9.17) is 31.2 Å². The molecule has 0 spiro atoms. The molecule has 1 heterocycles. The van der Waals surface area contributed by atoms with Crippen LogP contribution in [0.25, 0.3) is 0 Å². The van der Waals surface area contributed by atoms with Crippen molar-refractivity contribution in [1.29, 1.82) is 0 Å². The van der Waals surface area contributed by atoms with Gasteiger partial charge < -0.3 is 31.3 Å². The number of guanidine groups is 1. The van der Waals surface area contributed by atoms with E-state index in [1.54, 1.807) is 4.90 Å². The summed E-state index contributed by atoms with van der Waals surface area (Å²) in [5, 5.41) is 16.1. The van der Waals surface area contributed by atoms with Crippen molar-refractivity contribution >= 4 is 29.5 Å². The van der Waals surface area contributed by atoms with Gasteiger partial charge in [-0.05, 0) is 37.8 Å². The molecule has 1 aromatic carbocycles. The third-order valence-corrected chi connectivity index (χ3v) is 4.52. The van der Waals surface area contributed by atoms with Gasteiger partial charge in [-0.2, -0.15) is 13.2 Å². The fourth-order valence-electron chi connectivity index (χ4n) is 3.06. The van der Waals surface area contributed by atoms with Crippen LogP contribution in [0.15, 0.2) is 23.2 Å². The molecule has 0 fully saturated rings. The summed E-state index contributed by atoms with van der Waals surface area (Å²) in [6, 6.07) is 5.62. The second-order valence-corrected chi connectivity index (χ2v) is 7.04. The molecular formula is C20H27F3N4O6. The monoisotopic (exact) mass is 476 g/mol. The van der Waals surface area contributed by atoms with Gasteiger partial charge in [0.05, 0.1) is 24.6 Å². The zero-order valence-corrected chi connectivity index (χ0v) is 18.0. The van der Waals surface area contributed by atoms with Crippen molar-refractivity contribution in [2.45, 2.75) is 38.8 Å². The lowest BCUT2D eigenvalue weighted by molar-refractivity contribution is -0.192. The highest BCUT2D eigenvalue weighted by Gasteiger charge is 2.38. The van der Waals surface area contributed by atoms with Crippen molar-refractivity contribution in [1.82, 2.24) is 0 Å². The molecule has 2 rings (SSSR count). The molecule has 0 saturated heterocycles. The number of nitrogens with two attached hydrogens (primary N) is 2. The molecule has 6 N–H and O–H groups in total. The molecule has 0 bridgehead atoms. The number of aliphatic carboxylic acids is 2. The number of ether oxygens (including phenoxy) is 1. The van der Waals surface area contributed by atoms with Crippen molar-refractivity contribution < 1.29 is 42.5 Å². The van der Waals surface area contributed by atoms with E-state index in [1.807, 2.05) is 25.1 Å². The largest absolute Gasteiger partial charge is 0.494 e. The van der Waals surface area contributed by atoms with Gasteiger partial charge in [0.25, 0.3) is 0 Å². The molecule has 10 nitrogen and oxygen atoms in total. The molecule has 0 aliphatic carbocycles. The molecule has 0 aromatic heterocycles. The van der Waals surface area contributed by atoms with Crippen LogP contribution in [0.5, 0.6) is 5.75 Å². The van der Waals surface area contributed by atoms with E-state index in [2.05, 4.69) is 4.99 Å². The Hall–Kier alpha value is -3.51. The number of carboxylic acids is 2. The summed E-state index contributed by atoms with van der Waals surface area (Å²) in [4.78, 5) is 38.0. The van der Waals surface area contributed by atoms with Gasteiger partial charge in [-0.3, -0.25) is 14.6 Å². The maximum Gasteiger partial charge on any atom is 0.490 e. The number of hydrogen-bond acceptors (Lipinski definition) is 5. The molecule has 33 heavy (non-hydrogen) atoms. The number of rotatable bonds is 9. The van der Waals surface area contributed by atoms with Gasteiger partial charge in [-0.25, -0.2) is 4.79 Å². The fourth-order valence-corrected chi connectivity index (χ4v) is 3.06. The predicted octanol–water partition coefficient (Wildman–Crippen LogP) is 1.75. The van der Waals surface area contributed by atoms with E-state index >= 15 is 0 Å². The van der Waals surface area contributed by atoms with Crippen molar-refractivity contribution in [3.05, 3.63) is 23.8 Å². The molecule has 1 unspecified atom stereocenters. The number of alkyl halides is 3. The van der Waals surface area contributed by atoms with Crippen LogP contribution in [-0.2, 0) is 20.8 Å². The standard InChI is InChI=1S/C18H26N4O4.C2HF3O2/c1-2-22-15-11-14(26-8-4-3-7-21-18(19)20)6-5-12(15)9-13(17(22)25)10-16(23)24;3-2(4,5)1(6)7/h5-6,11,13H,2-4,7-10H2,1H3,(H,23,24)(H4,19,20,21);(H,6,7). The highest BCUT2D eigenvalue weighted by molar-refractivity contribution is 5.99. The van der Waals surface area contributed by atoms with Crippen molar-refractivity contribution in [2.24, 2.45) is 22.4 Å². The number of carboxylic acid groups (broad SMARTS) is 2. The third kappa shape index (κ3) is 9.25. The van der Waals surface area contributed by atoms with Crippen molar-refractivity contribution in [3.8, 4) is 5.75 Å². The lowest BCUT2D eigenvalue weighted by Crippen LogP contribution is -2.42. The van der Waals surface area contributed by atoms with Gasteiger partial charge in [0, 0.05) is 19.2 Å². The van der Waals surface area contributed by atoms with Crippen molar-refractivity contribution in [3.63, 3.8) is 0 Å². The van der Waals surface area contributed by atoms with Gasteiger partial charge in [0.2, 0.25) is 5.91 Å². The van der Waals surface area contributed by atoms with Crippen LogP contribution in [0.4, 0.5) is 18.9 Å². The van der Waals surface area contributed by atoms with Crippen LogP contribution in [0, 0.1) is 5.92 Å². The second-order valence-electron chi connectivity index (χ2n) is 7.04. The van der Waals surface area contributed by atoms with Crippen LogP contribution in [0.3, 0.4) is 0 Å². The number of benzene rings is 1. The minimum atomic E-state index is -5.08. The SMILES string of the molecule is CCN1C(=O)C(CC(=O)O)Cc2ccc(OCCCCN=C(N)N)cc21.O=C(O)C(F)(F)F. The predicted molar refractivity (Wildman–Crippen MR) is 113 cm³/mol. The maximum atomic E-state index is 12.5. The normalized spacial score (nSPS) is 15.1. The van der Waals surface area contributed by atoms with E-state index in [-0.39, 0.29) is 18.3 Å². The van der Waals surface area contributed by atoms with E-state index in [9.17, 15) is 22.8 Å². The Morgan fingerprint density at radius 3 is 2.39 bits per heavy atom. The Bertz CT molecular complexity index is 872. The number of nitrogens with zero attached hydrogens (tertiary/aromatic N) is 2. The first-order valence-corrected chi connectivity index (χ1v) is 10.0. The van der Waals surface area contributed by atoms with Crippen LogP contribution in [0.1, 0.15) is 31.7 Å². The summed E-state index contributed by atoms with van der Waals surface area (Å²) in [7, 11) is 0. The zero-order chi connectivity index (χ0) is 25.2. The molecule has 0 saturated carbocycles. The molecule has 184 valence electrons. The number of carbonyl (C=O) groups excluding carboxylic acids is 1. The zero-order valence-electron chi connectivity index (χ0n) is 18.0. The van der Waals surface area contributed by atoms with Crippen LogP contribution >= 0.6 is 0 Å². The smallest absolute Gasteiger partial charge is 0.490 e. The Morgan fingerprint density at radius 2 is 1.88 bits per heavy atom. The minimum Gasteiger partial charge on any atom is -0.494 e. The third-order valence-electron chi connectivity index (χ3n) is 4.52. The molecule has 1 amide bonds. The summed E-state index contributed by atoms with van der Waals surface area (Å²) in [6.07, 6.45) is -3.16. The summed E-state index contributed by atoms with van der Waals surface area (Å²) < 4.78 is 37.5. The van der Waals surface area contributed by atoms with Gasteiger partial charge in [0.15, 0.2) is 5.96 Å². The van der Waals surface area contributed by atoms with E-state index < -0.39 is 24.0 Å². The Kier molecular flexibility index (Phi) is 10.4. The summed E-state index contributed by atoms with van der Waals surface area (Å²) in [5.74, 6) is -3.59. The summed E-state index contributed by atoms with van der Waals surface area (Å²) in [5.41, 5.74) is 12.3. The first kappa shape index (κ1) is 27.5. The van der Waals surface area contributed by atoms with Crippen LogP contribution in [0.2, 0.25) is 0 Å². The average molecular weight is 476 g/mol. The summed E-state index contributed by atoms with van der Waals surface area (Å²) >= 11 is 0. The van der Waals surface area contributed by atoms with Gasteiger partial charge in [-0.15, -0.1) is 0 Å². The first-order valence-electron chi connectivity index (χ1n) is 10.0. The maximum absolute atomic E-state index is 12.5. The van der Waals surface area contributed by atoms with E-state index in [0.29, 0.717) is 31.9 Å². The Balaban J connectivity index is 0.000000675. The fraction of sp³-hybridized carbons (Fsp3) is 0.500. The average Bonchev–Trinajstić information content (AvgIpc) is 2.70. The van der Waals surface area contributed by atoms with Gasteiger partial charge in [0.1, 0.15) is 5.75 Å². The first-order chi connectivity index (χ1) is 15.4. The molecule has 1 atom stereocenters. The highest BCUT2D eigenvalue weighted by Crippen LogP contribution is 2.34. The topological polar surface area (TPSA) is 169 Å². The molecule has 1 aromatic rings. The molecule has 13 heteroatoms. The van der Waals surface area contributed by atoms with Gasteiger partial charge in [-0.1, -0.05) is 6.07 Å². The Labute approximate surface area is 188 Å². The molecule has 0 radical (unpaired) electrons. The van der Waals surface area contributed by atoms with Crippen LogP contribution < -0.4 is 21.1 Å². The molecule has 1 aliphatic rings. The van der Waals surface area contributed by atoms with Crippen molar-refractivity contribution in [2.75, 3.05) is 24.6 Å². The second kappa shape index (κ2) is 12.5. The highest BCUT2D eigenvalue weighted by atomic mass is 19.4. The quantitative estimate of drug-likeness (QED) is 0.237. The number of aliphatic imine (C=N–C) groups is 1. The van der Waals surface area contributed by atoms with Gasteiger partial charge >= 0.3 is 18.1 Å². The number of halogens is 3. The van der Waals surface area contributed by atoms with E-state index in [1.165, 1.54) is 0 Å². The van der Waals surface area contributed by atoms with Crippen LogP contribution in [-0.4, -0.2) is 59.9 Å². The Morgan fingerprint density at radius 1 is 1.24 bits per heavy atom. The molecule has 1 aliphatic heterocycles. The lowest BCUT2D eigenvalue weighted by atomic mass is 9.89. The number of carbonyl (C=O) groups is 3. The number of hydrogen-bond donors (Lipinski definition) is 4. The van der Waals surface area contributed by atoms with E-state index in [0.717, 1.165) is 24.1 Å². The number of fused-ring (bicyclic) bond motifs is 1. The summed E-state index contributed by atoms with van der Waals surface area (Å²) in [6.45, 7) is 3.46. The minimum absolute atomic E-state index is 0.0890. The lowest BCUT2D eigenvalue weighted by Gasteiger charge is -2.33. The number of anilines is 1. The number of amides is 1.